The minimum absolute atomic E-state index is 0.259. The average molecular weight is 289 g/mol. The summed E-state index contributed by atoms with van der Waals surface area (Å²) in [7, 11) is 0. The Kier molecular flexibility index (Phi) is 3.00. The van der Waals surface area contributed by atoms with Crippen molar-refractivity contribution in [1.29, 1.82) is 0 Å². The van der Waals surface area contributed by atoms with Crippen LogP contribution in [0.2, 0.25) is 0 Å². The molecule has 4 rings (SSSR count). The zero-order chi connectivity index (χ0) is 13.5. The van der Waals surface area contributed by atoms with Gasteiger partial charge in [-0.15, -0.1) is 16.4 Å². The number of nitrogens with two attached hydrogens (primary N) is 1. The van der Waals surface area contributed by atoms with E-state index in [0.717, 1.165) is 37.7 Å². The van der Waals surface area contributed by atoms with Crippen LogP contribution >= 0.6 is 11.3 Å². The maximum absolute atomic E-state index is 5.96. The highest BCUT2D eigenvalue weighted by Crippen LogP contribution is 2.38. The van der Waals surface area contributed by atoms with E-state index in [1.54, 1.807) is 0 Å². The average Bonchev–Trinajstić information content (AvgIpc) is 3.17. The van der Waals surface area contributed by atoms with E-state index >= 15 is 0 Å². The lowest BCUT2D eigenvalue weighted by atomic mass is 9.87. The van der Waals surface area contributed by atoms with E-state index < -0.39 is 0 Å². The summed E-state index contributed by atoms with van der Waals surface area (Å²) in [6.45, 7) is 1.83. The lowest BCUT2D eigenvalue weighted by molar-refractivity contribution is 0.600. The molecule has 20 heavy (non-hydrogen) atoms. The fraction of sp³-hybridized carbons (Fsp3) is 0.571. The van der Waals surface area contributed by atoms with Crippen LogP contribution in [-0.4, -0.2) is 34.3 Å². The third-order valence-corrected chi connectivity index (χ3v) is 5.38. The first-order chi connectivity index (χ1) is 9.81. The number of anilines is 1. The van der Waals surface area contributed by atoms with Crippen LogP contribution in [-0.2, 0) is 6.42 Å². The Morgan fingerprint density at radius 3 is 3.20 bits per heavy atom. The maximum Gasteiger partial charge on any atom is 0.244 e. The molecule has 0 spiro atoms. The molecular formula is C14H19N5S. The molecule has 1 aliphatic heterocycles. The summed E-state index contributed by atoms with van der Waals surface area (Å²) >= 11 is 1.87. The number of thiophene rings is 1. The van der Waals surface area contributed by atoms with Gasteiger partial charge in [0.1, 0.15) is 5.82 Å². The van der Waals surface area contributed by atoms with Gasteiger partial charge in [0.2, 0.25) is 5.95 Å². The third-order valence-electron chi connectivity index (χ3n) is 4.38. The van der Waals surface area contributed by atoms with Crippen molar-refractivity contribution >= 4 is 17.3 Å². The van der Waals surface area contributed by atoms with Gasteiger partial charge in [-0.3, -0.25) is 5.10 Å². The number of nitrogens with one attached hydrogen (secondary N) is 1. The van der Waals surface area contributed by atoms with Crippen LogP contribution in [0, 0.1) is 0 Å². The zero-order valence-corrected chi connectivity index (χ0v) is 12.2. The van der Waals surface area contributed by atoms with Crippen LogP contribution in [0.4, 0.5) is 5.95 Å². The Bertz CT molecular complexity index is 604. The number of hydrogen-bond donors (Lipinski definition) is 2. The zero-order valence-electron chi connectivity index (χ0n) is 11.4. The number of aromatic nitrogens is 3. The van der Waals surface area contributed by atoms with Crippen LogP contribution in [0.1, 0.15) is 41.4 Å². The normalized spacial score (nSPS) is 25.9. The van der Waals surface area contributed by atoms with Gasteiger partial charge in [0.25, 0.3) is 0 Å². The Hall–Kier alpha value is -1.40. The van der Waals surface area contributed by atoms with Gasteiger partial charge in [-0.2, -0.15) is 4.98 Å². The first-order valence-electron chi connectivity index (χ1n) is 7.30. The van der Waals surface area contributed by atoms with Crippen LogP contribution < -0.4 is 10.6 Å². The van der Waals surface area contributed by atoms with Crippen molar-refractivity contribution in [1.82, 2.24) is 15.2 Å². The second-order valence-corrected chi connectivity index (χ2v) is 6.76. The second-order valence-electron chi connectivity index (χ2n) is 5.76. The standard InChI is InChI=1S/C14H19N5S/c15-9-4-6-19(8-9)14-16-13(17-18-14)11-2-1-3-12-10(11)5-7-20-12/h5,7,9,11H,1-4,6,8,15H2,(H,16,17,18). The van der Waals surface area contributed by atoms with Crippen LogP contribution in [0.3, 0.4) is 0 Å². The quantitative estimate of drug-likeness (QED) is 0.885. The number of rotatable bonds is 2. The fourth-order valence-electron chi connectivity index (χ4n) is 3.30. The largest absolute Gasteiger partial charge is 0.338 e. The maximum atomic E-state index is 5.96. The van der Waals surface area contributed by atoms with E-state index in [1.807, 2.05) is 11.3 Å². The summed E-state index contributed by atoms with van der Waals surface area (Å²) in [5.41, 5.74) is 7.40. The number of aromatic amines is 1. The summed E-state index contributed by atoms with van der Waals surface area (Å²) in [5, 5.41) is 9.76. The molecule has 0 aromatic carbocycles. The molecule has 1 saturated heterocycles. The Labute approximate surface area is 122 Å². The first-order valence-corrected chi connectivity index (χ1v) is 8.18. The molecule has 0 saturated carbocycles. The van der Waals surface area contributed by atoms with Crippen LogP contribution in [0.15, 0.2) is 11.4 Å². The van der Waals surface area contributed by atoms with E-state index in [9.17, 15) is 0 Å². The molecule has 1 aliphatic carbocycles. The molecule has 5 nitrogen and oxygen atoms in total. The summed E-state index contributed by atoms with van der Waals surface area (Å²) in [6, 6.07) is 2.51. The van der Waals surface area contributed by atoms with E-state index in [1.165, 1.54) is 23.3 Å². The molecule has 6 heteroatoms. The molecule has 2 aromatic heterocycles. The molecule has 2 unspecified atom stereocenters. The van der Waals surface area contributed by atoms with Crippen molar-refractivity contribution in [3.63, 3.8) is 0 Å². The second kappa shape index (κ2) is 4.86. The van der Waals surface area contributed by atoms with Gasteiger partial charge in [0, 0.05) is 29.9 Å². The fourth-order valence-corrected chi connectivity index (χ4v) is 4.29. The first kappa shape index (κ1) is 12.3. The van der Waals surface area contributed by atoms with Gasteiger partial charge >= 0.3 is 0 Å². The molecule has 0 amide bonds. The Balaban J connectivity index is 1.60. The monoisotopic (exact) mass is 289 g/mol. The molecule has 3 N–H and O–H groups in total. The topological polar surface area (TPSA) is 70.8 Å². The summed E-state index contributed by atoms with van der Waals surface area (Å²) in [5.74, 6) is 2.22. The number of hydrogen-bond acceptors (Lipinski definition) is 5. The van der Waals surface area contributed by atoms with Crippen molar-refractivity contribution < 1.29 is 0 Å². The van der Waals surface area contributed by atoms with Gasteiger partial charge < -0.3 is 10.6 Å². The molecule has 0 bridgehead atoms. The van der Waals surface area contributed by atoms with Crippen LogP contribution in [0.5, 0.6) is 0 Å². The van der Waals surface area contributed by atoms with E-state index in [-0.39, 0.29) is 6.04 Å². The summed E-state index contributed by atoms with van der Waals surface area (Å²) < 4.78 is 0. The molecule has 0 radical (unpaired) electrons. The lowest BCUT2D eigenvalue weighted by Gasteiger charge is -2.20. The van der Waals surface area contributed by atoms with Gasteiger partial charge in [-0.25, -0.2) is 0 Å². The Morgan fingerprint density at radius 2 is 2.35 bits per heavy atom. The highest BCUT2D eigenvalue weighted by atomic mass is 32.1. The molecule has 1 fully saturated rings. The summed E-state index contributed by atoms with van der Waals surface area (Å²) in [4.78, 5) is 8.44. The van der Waals surface area contributed by atoms with Gasteiger partial charge in [-0.1, -0.05) is 0 Å². The molecular weight excluding hydrogens is 270 g/mol. The molecule has 2 aliphatic rings. The Morgan fingerprint density at radius 1 is 1.40 bits per heavy atom. The number of H-pyrrole nitrogens is 1. The molecule has 2 aromatic rings. The SMILES string of the molecule is NC1CCN(c2n[nH]c(C3CCCc4sccc43)n2)C1. The van der Waals surface area contributed by atoms with Gasteiger partial charge in [0.15, 0.2) is 0 Å². The van der Waals surface area contributed by atoms with E-state index in [0.29, 0.717) is 5.92 Å². The van der Waals surface area contributed by atoms with E-state index in [2.05, 4.69) is 26.5 Å². The van der Waals surface area contributed by atoms with E-state index in [4.69, 9.17) is 10.7 Å². The van der Waals surface area contributed by atoms with Crippen molar-refractivity contribution in [2.24, 2.45) is 5.73 Å². The third kappa shape index (κ3) is 2.03. The minimum Gasteiger partial charge on any atom is -0.338 e. The van der Waals surface area contributed by atoms with Gasteiger partial charge in [-0.05, 0) is 42.7 Å². The lowest BCUT2D eigenvalue weighted by Crippen LogP contribution is -2.27. The molecule has 3 heterocycles. The highest BCUT2D eigenvalue weighted by molar-refractivity contribution is 7.10. The predicted molar refractivity (Wildman–Crippen MR) is 80.3 cm³/mol. The van der Waals surface area contributed by atoms with Crippen LogP contribution in [0.25, 0.3) is 0 Å². The molecule has 2 atom stereocenters. The summed E-state index contributed by atoms with van der Waals surface area (Å²) in [6.07, 6.45) is 4.65. The number of fused-ring (bicyclic) bond motifs is 1. The number of nitrogens with zero attached hydrogens (tertiary/aromatic N) is 3. The highest BCUT2D eigenvalue weighted by Gasteiger charge is 2.27. The minimum atomic E-state index is 0.259. The number of aryl methyl sites for hydroxylation is 1. The molecule has 106 valence electrons. The van der Waals surface area contributed by atoms with Crippen molar-refractivity contribution in [2.75, 3.05) is 18.0 Å². The van der Waals surface area contributed by atoms with Gasteiger partial charge in [0.05, 0.1) is 0 Å². The smallest absolute Gasteiger partial charge is 0.244 e. The van der Waals surface area contributed by atoms with Crippen molar-refractivity contribution in [3.8, 4) is 0 Å². The van der Waals surface area contributed by atoms with Crippen molar-refractivity contribution in [3.05, 3.63) is 27.7 Å². The van der Waals surface area contributed by atoms with Crippen molar-refractivity contribution in [2.45, 2.75) is 37.6 Å². The predicted octanol–water partition coefficient (Wildman–Crippen LogP) is 1.87.